The Labute approximate surface area is 140 Å². The number of hydrogen-bond acceptors (Lipinski definition) is 5. The second kappa shape index (κ2) is 7.09. The van der Waals surface area contributed by atoms with Crippen molar-refractivity contribution in [2.45, 2.75) is 25.4 Å². The van der Waals surface area contributed by atoms with E-state index < -0.39 is 23.4 Å². The number of aliphatic hydroxyl groups is 1. The van der Waals surface area contributed by atoms with Crippen LogP contribution in [0.15, 0.2) is 18.2 Å². The zero-order chi connectivity index (χ0) is 17.9. The number of piperidine rings is 1. The van der Waals surface area contributed by atoms with Crippen LogP contribution in [0.2, 0.25) is 0 Å². The SMILES string of the molecule is COc1cc(OC)cc(C2(O)CCN(C(=O)C(C)C(=O)O)CC2)c1. The van der Waals surface area contributed by atoms with Gasteiger partial charge in [-0.25, -0.2) is 0 Å². The van der Waals surface area contributed by atoms with Crippen molar-refractivity contribution in [1.29, 1.82) is 0 Å². The number of hydrogen-bond donors (Lipinski definition) is 2. The number of aliphatic carboxylic acids is 1. The summed E-state index contributed by atoms with van der Waals surface area (Å²) in [6, 6.07) is 5.22. The molecule has 2 N–H and O–H groups in total. The molecule has 0 spiro atoms. The molecule has 7 heteroatoms. The molecule has 0 radical (unpaired) electrons. The molecule has 0 bridgehead atoms. The third kappa shape index (κ3) is 3.62. The van der Waals surface area contributed by atoms with E-state index >= 15 is 0 Å². The highest BCUT2D eigenvalue weighted by atomic mass is 16.5. The molecular formula is C17H23NO6. The molecule has 0 saturated carbocycles. The van der Waals surface area contributed by atoms with Crippen molar-refractivity contribution in [3.8, 4) is 11.5 Å². The molecule has 1 aromatic rings. The second-order valence-corrected chi connectivity index (χ2v) is 6.02. The highest BCUT2D eigenvalue weighted by Crippen LogP contribution is 2.37. The fourth-order valence-corrected chi connectivity index (χ4v) is 2.84. The molecule has 1 heterocycles. The van der Waals surface area contributed by atoms with Gasteiger partial charge >= 0.3 is 5.97 Å². The third-order valence-corrected chi connectivity index (χ3v) is 4.53. The number of amides is 1. The zero-order valence-corrected chi connectivity index (χ0v) is 14.1. The lowest BCUT2D eigenvalue weighted by Crippen LogP contribution is -2.47. The van der Waals surface area contributed by atoms with E-state index in [1.54, 1.807) is 18.2 Å². The first-order chi connectivity index (χ1) is 11.3. The number of benzene rings is 1. The minimum absolute atomic E-state index is 0.298. The van der Waals surface area contributed by atoms with Gasteiger partial charge in [0.1, 0.15) is 17.4 Å². The summed E-state index contributed by atoms with van der Waals surface area (Å²) in [6.45, 7) is 1.97. The van der Waals surface area contributed by atoms with E-state index in [4.69, 9.17) is 14.6 Å². The Hall–Kier alpha value is -2.28. The summed E-state index contributed by atoms with van der Waals surface area (Å²) in [5.41, 5.74) is -0.442. The lowest BCUT2D eigenvalue weighted by molar-refractivity contribution is -0.152. The Morgan fingerprint density at radius 3 is 2.04 bits per heavy atom. The summed E-state index contributed by atoms with van der Waals surface area (Å²) < 4.78 is 10.5. The summed E-state index contributed by atoms with van der Waals surface area (Å²) in [5, 5.41) is 19.9. The molecule has 0 aliphatic carbocycles. The van der Waals surface area contributed by atoms with Gasteiger partial charge in [0.05, 0.1) is 19.8 Å². The van der Waals surface area contributed by atoms with Crippen molar-refractivity contribution in [3.05, 3.63) is 23.8 Å². The molecule has 1 unspecified atom stereocenters. The van der Waals surface area contributed by atoms with Crippen molar-refractivity contribution in [2.24, 2.45) is 5.92 Å². The van der Waals surface area contributed by atoms with E-state index in [2.05, 4.69) is 0 Å². The quantitative estimate of drug-likeness (QED) is 0.785. The van der Waals surface area contributed by atoms with Crippen LogP contribution in [0.5, 0.6) is 11.5 Å². The highest BCUT2D eigenvalue weighted by molar-refractivity contribution is 5.96. The Morgan fingerprint density at radius 1 is 1.12 bits per heavy atom. The van der Waals surface area contributed by atoms with Crippen molar-refractivity contribution >= 4 is 11.9 Å². The molecule has 1 amide bonds. The van der Waals surface area contributed by atoms with Crippen molar-refractivity contribution in [3.63, 3.8) is 0 Å². The second-order valence-electron chi connectivity index (χ2n) is 6.02. The van der Waals surface area contributed by atoms with Crippen LogP contribution >= 0.6 is 0 Å². The predicted octanol–water partition coefficient (Wildman–Crippen LogP) is 1.23. The summed E-state index contributed by atoms with van der Waals surface area (Å²) in [6.07, 6.45) is 0.642. The van der Waals surface area contributed by atoms with Gasteiger partial charge in [0.15, 0.2) is 0 Å². The van der Waals surface area contributed by atoms with Gasteiger partial charge in [-0.3, -0.25) is 9.59 Å². The molecule has 0 aromatic heterocycles. The van der Waals surface area contributed by atoms with Crippen LogP contribution in [-0.2, 0) is 15.2 Å². The lowest BCUT2D eigenvalue weighted by atomic mass is 9.84. The molecule has 24 heavy (non-hydrogen) atoms. The summed E-state index contributed by atoms with van der Waals surface area (Å²) in [4.78, 5) is 24.6. The van der Waals surface area contributed by atoms with Gasteiger partial charge in [0, 0.05) is 19.2 Å². The Bertz CT molecular complexity index is 599. The number of rotatable bonds is 5. The Balaban J connectivity index is 2.15. The van der Waals surface area contributed by atoms with Crippen molar-refractivity contribution in [2.75, 3.05) is 27.3 Å². The minimum Gasteiger partial charge on any atom is -0.497 e. The van der Waals surface area contributed by atoms with Gasteiger partial charge in [-0.2, -0.15) is 0 Å². The summed E-state index contributed by atoms with van der Waals surface area (Å²) in [7, 11) is 3.08. The predicted molar refractivity (Wildman–Crippen MR) is 86.1 cm³/mol. The first-order valence-corrected chi connectivity index (χ1v) is 7.78. The number of likely N-dealkylation sites (tertiary alicyclic amines) is 1. The smallest absolute Gasteiger partial charge is 0.315 e. The molecule has 1 aliphatic rings. The molecule has 1 fully saturated rings. The van der Waals surface area contributed by atoms with Crippen LogP contribution in [0.1, 0.15) is 25.3 Å². The van der Waals surface area contributed by atoms with E-state index in [9.17, 15) is 14.7 Å². The normalized spacial score (nSPS) is 17.9. The molecule has 1 atom stereocenters. The summed E-state index contributed by atoms with van der Waals surface area (Å²) in [5.74, 6) is -1.48. The van der Waals surface area contributed by atoms with Gasteiger partial charge in [0.2, 0.25) is 5.91 Å². The van der Waals surface area contributed by atoms with Crippen LogP contribution in [-0.4, -0.2) is 54.3 Å². The third-order valence-electron chi connectivity index (χ3n) is 4.53. The highest BCUT2D eigenvalue weighted by Gasteiger charge is 2.38. The average Bonchev–Trinajstić information content (AvgIpc) is 2.60. The maximum absolute atomic E-state index is 12.1. The fourth-order valence-electron chi connectivity index (χ4n) is 2.84. The van der Waals surface area contributed by atoms with Crippen molar-refractivity contribution < 1.29 is 29.3 Å². The van der Waals surface area contributed by atoms with Crippen LogP contribution in [0, 0.1) is 5.92 Å². The monoisotopic (exact) mass is 337 g/mol. The first-order valence-electron chi connectivity index (χ1n) is 7.78. The number of carbonyl (C=O) groups excluding carboxylic acids is 1. The van der Waals surface area contributed by atoms with E-state index in [0.717, 1.165) is 0 Å². The standard InChI is InChI=1S/C17H23NO6/c1-11(16(20)21)15(19)18-6-4-17(22,5-7-18)12-8-13(23-2)10-14(9-12)24-3/h8-11,22H,4-7H2,1-3H3,(H,20,21). The molecule has 132 valence electrons. The zero-order valence-electron chi connectivity index (χ0n) is 14.1. The lowest BCUT2D eigenvalue weighted by Gasteiger charge is -2.39. The van der Waals surface area contributed by atoms with E-state index in [0.29, 0.717) is 43.0 Å². The first kappa shape index (κ1) is 18.1. The van der Waals surface area contributed by atoms with Crippen LogP contribution < -0.4 is 9.47 Å². The summed E-state index contributed by atoms with van der Waals surface area (Å²) >= 11 is 0. The number of nitrogens with zero attached hydrogens (tertiary/aromatic N) is 1. The molecule has 1 aliphatic heterocycles. The molecule has 1 aromatic carbocycles. The molecule has 1 saturated heterocycles. The average molecular weight is 337 g/mol. The van der Waals surface area contributed by atoms with Crippen LogP contribution in [0.4, 0.5) is 0 Å². The largest absolute Gasteiger partial charge is 0.497 e. The van der Waals surface area contributed by atoms with E-state index in [-0.39, 0.29) is 0 Å². The topological polar surface area (TPSA) is 96.3 Å². The number of methoxy groups -OCH3 is 2. The fraction of sp³-hybridized carbons (Fsp3) is 0.529. The number of carboxylic acids is 1. The number of carbonyl (C=O) groups is 2. The van der Waals surface area contributed by atoms with Crippen molar-refractivity contribution in [1.82, 2.24) is 4.90 Å². The van der Waals surface area contributed by atoms with Gasteiger partial charge in [-0.15, -0.1) is 0 Å². The molecule has 2 rings (SSSR count). The van der Waals surface area contributed by atoms with E-state index in [1.807, 2.05) is 0 Å². The van der Waals surface area contributed by atoms with Gasteiger partial charge in [-0.05, 0) is 37.5 Å². The number of carboxylic acid groups (broad SMARTS) is 1. The Kier molecular flexibility index (Phi) is 5.33. The maximum Gasteiger partial charge on any atom is 0.315 e. The molecular weight excluding hydrogens is 314 g/mol. The van der Waals surface area contributed by atoms with Gasteiger partial charge < -0.3 is 24.6 Å². The minimum atomic E-state index is -1.14. The maximum atomic E-state index is 12.1. The van der Waals surface area contributed by atoms with Gasteiger partial charge in [-0.1, -0.05) is 0 Å². The van der Waals surface area contributed by atoms with E-state index in [1.165, 1.54) is 26.0 Å². The van der Waals surface area contributed by atoms with Crippen LogP contribution in [0.3, 0.4) is 0 Å². The van der Waals surface area contributed by atoms with Crippen LogP contribution in [0.25, 0.3) is 0 Å². The molecule has 7 nitrogen and oxygen atoms in total. The number of ether oxygens (including phenoxy) is 2. The Morgan fingerprint density at radius 2 is 1.62 bits per heavy atom. The van der Waals surface area contributed by atoms with Gasteiger partial charge in [0.25, 0.3) is 0 Å².